The highest BCUT2D eigenvalue weighted by atomic mass is 35.5. The quantitative estimate of drug-likeness (QED) is 0.423. The summed E-state index contributed by atoms with van der Waals surface area (Å²) < 4.78 is 39.6. The zero-order valence-electron chi connectivity index (χ0n) is 18.3. The SMILES string of the molecule is CC1(c2cnccn2)C(=O)Nc2nc(-c3nc(CCCC(F)(F)F)n4cc(Cl)ccc34)nc(N)c21. The minimum atomic E-state index is -4.26. The number of hydrogen-bond acceptors (Lipinski definition) is 7. The van der Waals surface area contributed by atoms with Crippen molar-refractivity contribution in [1.82, 2.24) is 29.3 Å². The fourth-order valence-electron chi connectivity index (χ4n) is 4.22. The van der Waals surface area contributed by atoms with Crippen molar-refractivity contribution in [2.45, 2.75) is 37.8 Å². The maximum atomic E-state index is 13.0. The van der Waals surface area contributed by atoms with Gasteiger partial charge in [-0.3, -0.25) is 14.8 Å². The molecule has 0 aromatic carbocycles. The smallest absolute Gasteiger partial charge is 0.383 e. The number of nitrogens with zero attached hydrogens (tertiary/aromatic N) is 6. The van der Waals surface area contributed by atoms with Gasteiger partial charge in [0.05, 0.1) is 21.8 Å². The molecular formula is C22H18ClF3N8O. The van der Waals surface area contributed by atoms with E-state index in [0.29, 0.717) is 33.3 Å². The van der Waals surface area contributed by atoms with Gasteiger partial charge < -0.3 is 15.5 Å². The lowest BCUT2D eigenvalue weighted by Crippen LogP contribution is -2.34. The van der Waals surface area contributed by atoms with Crippen LogP contribution in [-0.2, 0) is 16.6 Å². The van der Waals surface area contributed by atoms with E-state index in [1.807, 2.05) is 0 Å². The van der Waals surface area contributed by atoms with Crippen LogP contribution >= 0.6 is 11.6 Å². The molecule has 1 atom stereocenters. The van der Waals surface area contributed by atoms with Gasteiger partial charge in [-0.25, -0.2) is 15.0 Å². The maximum absolute atomic E-state index is 13.0. The monoisotopic (exact) mass is 502 g/mol. The summed E-state index contributed by atoms with van der Waals surface area (Å²) in [6.45, 7) is 1.66. The molecule has 0 radical (unpaired) electrons. The van der Waals surface area contributed by atoms with E-state index in [-0.39, 0.29) is 36.2 Å². The van der Waals surface area contributed by atoms with Crippen molar-refractivity contribution >= 4 is 34.7 Å². The Morgan fingerprint density at radius 3 is 2.71 bits per heavy atom. The molecule has 0 saturated carbocycles. The van der Waals surface area contributed by atoms with Gasteiger partial charge >= 0.3 is 6.18 Å². The number of aromatic nitrogens is 6. The van der Waals surface area contributed by atoms with E-state index in [2.05, 4.69) is 30.2 Å². The van der Waals surface area contributed by atoms with Crippen molar-refractivity contribution in [3.63, 3.8) is 0 Å². The van der Waals surface area contributed by atoms with Crippen molar-refractivity contribution in [3.05, 3.63) is 59.0 Å². The van der Waals surface area contributed by atoms with Crippen LogP contribution in [-0.4, -0.2) is 41.4 Å². The van der Waals surface area contributed by atoms with Crippen LogP contribution in [0, 0.1) is 0 Å². The van der Waals surface area contributed by atoms with E-state index < -0.39 is 18.0 Å². The standard InChI is InChI=1S/C22H18ClF3N8O/c1-21(13-9-28-7-8-29-13)15-17(27)31-19(32-18(15)33-20(21)35)16-12-5-4-11(23)10-34(12)14(30-16)3-2-6-22(24,25)26/h4-5,7-10H,2-3,6H2,1H3,(H3,27,31,32,33,35). The predicted octanol–water partition coefficient (Wildman–Crippen LogP) is 3.96. The van der Waals surface area contributed by atoms with Crippen LogP contribution in [0.4, 0.5) is 24.8 Å². The molecule has 0 spiro atoms. The maximum Gasteiger partial charge on any atom is 0.389 e. The molecule has 35 heavy (non-hydrogen) atoms. The Labute approximate surface area is 201 Å². The summed E-state index contributed by atoms with van der Waals surface area (Å²) in [4.78, 5) is 34.7. The van der Waals surface area contributed by atoms with Gasteiger partial charge in [-0.1, -0.05) is 11.6 Å². The van der Waals surface area contributed by atoms with Crippen LogP contribution in [0.1, 0.15) is 36.8 Å². The summed E-state index contributed by atoms with van der Waals surface area (Å²) in [5, 5.41) is 3.12. The average Bonchev–Trinajstić information content (AvgIpc) is 3.28. The zero-order valence-corrected chi connectivity index (χ0v) is 19.0. The van der Waals surface area contributed by atoms with Crippen molar-refractivity contribution in [1.29, 1.82) is 0 Å². The number of nitrogens with two attached hydrogens (primary N) is 1. The van der Waals surface area contributed by atoms with Crippen molar-refractivity contribution in [3.8, 4) is 11.5 Å². The van der Waals surface area contributed by atoms with Gasteiger partial charge in [-0.2, -0.15) is 13.2 Å². The Kier molecular flexibility index (Phi) is 5.35. The largest absolute Gasteiger partial charge is 0.389 e. The summed E-state index contributed by atoms with van der Waals surface area (Å²) in [6.07, 6.45) is 0.719. The van der Waals surface area contributed by atoms with Gasteiger partial charge in [0.2, 0.25) is 5.91 Å². The Hall–Kier alpha value is -3.80. The van der Waals surface area contributed by atoms with E-state index in [0.717, 1.165) is 0 Å². The highest BCUT2D eigenvalue weighted by Gasteiger charge is 2.49. The number of alkyl halides is 3. The van der Waals surface area contributed by atoms with Gasteiger partial charge in [0.15, 0.2) is 5.82 Å². The van der Waals surface area contributed by atoms with Crippen molar-refractivity contribution < 1.29 is 18.0 Å². The summed E-state index contributed by atoms with van der Waals surface area (Å²) in [7, 11) is 0. The molecule has 4 aromatic rings. The second-order valence-electron chi connectivity index (χ2n) is 8.27. The number of anilines is 2. The number of halogens is 4. The molecule has 1 aliphatic rings. The molecule has 5 rings (SSSR count). The number of carbonyl (C=O) groups is 1. The molecule has 0 bridgehead atoms. The van der Waals surface area contributed by atoms with Crippen molar-refractivity contribution in [2.24, 2.45) is 0 Å². The zero-order chi connectivity index (χ0) is 25.0. The molecule has 180 valence electrons. The van der Waals surface area contributed by atoms with Crippen LogP contribution < -0.4 is 11.1 Å². The van der Waals surface area contributed by atoms with E-state index in [1.54, 1.807) is 29.7 Å². The lowest BCUT2D eigenvalue weighted by molar-refractivity contribution is -0.135. The first-order chi connectivity index (χ1) is 16.6. The predicted molar refractivity (Wildman–Crippen MR) is 122 cm³/mol. The molecule has 9 nitrogen and oxygen atoms in total. The lowest BCUT2D eigenvalue weighted by Gasteiger charge is -2.21. The summed E-state index contributed by atoms with van der Waals surface area (Å²) in [5.74, 6) is 0.356. The number of hydrogen-bond donors (Lipinski definition) is 2. The van der Waals surface area contributed by atoms with Crippen LogP contribution in [0.25, 0.3) is 17.0 Å². The number of pyridine rings is 1. The highest BCUT2D eigenvalue weighted by Crippen LogP contribution is 2.44. The Bertz CT molecular complexity index is 1460. The third-order valence-electron chi connectivity index (χ3n) is 5.94. The fraction of sp³-hybridized carbons (Fsp3) is 0.273. The summed E-state index contributed by atoms with van der Waals surface area (Å²) >= 11 is 6.12. The minimum Gasteiger partial charge on any atom is -0.383 e. The normalized spacial score (nSPS) is 17.6. The third kappa shape index (κ3) is 3.93. The number of amides is 1. The van der Waals surface area contributed by atoms with Crippen LogP contribution in [0.5, 0.6) is 0 Å². The summed E-state index contributed by atoms with van der Waals surface area (Å²) in [5.41, 5.74) is 6.66. The first-order valence-corrected chi connectivity index (χ1v) is 11.0. The number of aryl methyl sites for hydroxylation is 1. The van der Waals surface area contributed by atoms with Gasteiger partial charge in [0.25, 0.3) is 0 Å². The van der Waals surface area contributed by atoms with Gasteiger partial charge in [0, 0.05) is 37.6 Å². The number of nitrogens with one attached hydrogen (secondary N) is 1. The van der Waals surface area contributed by atoms with Crippen LogP contribution in [0.15, 0.2) is 36.9 Å². The molecule has 5 heterocycles. The number of fused-ring (bicyclic) bond motifs is 2. The topological polar surface area (TPSA) is 124 Å². The molecule has 0 saturated heterocycles. The molecule has 1 aliphatic heterocycles. The molecular weight excluding hydrogens is 485 g/mol. The minimum absolute atomic E-state index is 0.0465. The second-order valence-corrected chi connectivity index (χ2v) is 8.71. The Morgan fingerprint density at radius 2 is 2.00 bits per heavy atom. The van der Waals surface area contributed by atoms with Crippen molar-refractivity contribution in [2.75, 3.05) is 11.1 Å². The Morgan fingerprint density at radius 1 is 1.20 bits per heavy atom. The second kappa shape index (κ2) is 8.15. The molecule has 0 aliphatic carbocycles. The molecule has 1 amide bonds. The van der Waals surface area contributed by atoms with Gasteiger partial charge in [-0.05, 0) is 25.5 Å². The molecule has 4 aromatic heterocycles. The number of imidazole rings is 1. The van der Waals surface area contributed by atoms with Crippen LogP contribution in [0.3, 0.4) is 0 Å². The molecule has 0 fully saturated rings. The number of rotatable bonds is 5. The van der Waals surface area contributed by atoms with E-state index in [4.69, 9.17) is 17.3 Å². The molecule has 3 N–H and O–H groups in total. The first kappa shape index (κ1) is 23.0. The number of carbonyl (C=O) groups excluding carboxylic acids is 1. The molecule has 13 heteroatoms. The van der Waals surface area contributed by atoms with E-state index in [9.17, 15) is 18.0 Å². The van der Waals surface area contributed by atoms with E-state index in [1.165, 1.54) is 18.6 Å². The molecule has 1 unspecified atom stereocenters. The first-order valence-electron chi connectivity index (χ1n) is 10.6. The fourth-order valence-corrected chi connectivity index (χ4v) is 4.39. The Balaban J connectivity index is 1.60. The third-order valence-corrected chi connectivity index (χ3v) is 6.17. The van der Waals surface area contributed by atoms with Gasteiger partial charge in [-0.15, -0.1) is 0 Å². The summed E-state index contributed by atoms with van der Waals surface area (Å²) in [6, 6.07) is 3.30. The van der Waals surface area contributed by atoms with E-state index >= 15 is 0 Å². The van der Waals surface area contributed by atoms with Gasteiger partial charge in [0.1, 0.15) is 28.6 Å². The lowest BCUT2D eigenvalue weighted by atomic mass is 9.81. The number of nitrogen functional groups attached to an aromatic ring is 1. The van der Waals surface area contributed by atoms with Crippen LogP contribution in [0.2, 0.25) is 5.02 Å². The highest BCUT2D eigenvalue weighted by molar-refractivity contribution is 6.30. The average molecular weight is 503 g/mol.